The highest BCUT2D eigenvalue weighted by Crippen LogP contribution is 2.29. The van der Waals surface area contributed by atoms with Crippen molar-refractivity contribution in [3.8, 4) is 0 Å². The Morgan fingerprint density at radius 2 is 1.63 bits per heavy atom. The number of nitrogens with zero attached hydrogens (tertiary/aromatic N) is 1. The second-order valence-corrected chi connectivity index (χ2v) is 11.0. The van der Waals surface area contributed by atoms with Crippen LogP contribution in [-0.2, 0) is 11.3 Å². The van der Waals surface area contributed by atoms with Gasteiger partial charge in [-0.25, -0.2) is 4.79 Å². The lowest BCUT2D eigenvalue weighted by atomic mass is 9.96. The van der Waals surface area contributed by atoms with Crippen LogP contribution in [0.3, 0.4) is 0 Å². The maximum Gasteiger partial charge on any atom is 0.335 e. The van der Waals surface area contributed by atoms with Crippen molar-refractivity contribution in [2.75, 3.05) is 0 Å². The Bertz CT molecular complexity index is 1640. The van der Waals surface area contributed by atoms with Crippen molar-refractivity contribution in [1.29, 1.82) is 0 Å². The third-order valence-corrected chi connectivity index (χ3v) is 8.08. The lowest BCUT2D eigenvalue weighted by Gasteiger charge is -2.19. The van der Waals surface area contributed by atoms with E-state index in [2.05, 4.69) is 75.3 Å². The molecule has 1 atom stereocenters. The Hall–Kier alpha value is -4.38. The maximum atomic E-state index is 13.4. The predicted molar refractivity (Wildman–Crippen MR) is 168 cm³/mol. The number of carboxylic acids is 1. The number of aromatic nitrogens is 1. The maximum absolute atomic E-state index is 13.4. The molecule has 0 bridgehead atoms. The number of rotatable bonds is 10. The zero-order valence-electron chi connectivity index (χ0n) is 24.9. The highest BCUT2D eigenvalue weighted by Gasteiger charge is 2.18. The molecule has 1 aromatic heterocycles. The zero-order chi connectivity index (χ0) is 29.8. The lowest BCUT2D eigenvalue weighted by molar-refractivity contribution is -0.132. The number of hydrogen-bond acceptors (Lipinski definition) is 2. The smallest absolute Gasteiger partial charge is 0.335 e. The highest BCUT2D eigenvalue weighted by atomic mass is 16.4. The SMILES string of the molecule is C=C(C(=CC)C(=O)O)c1ccc(Cn2c(C)c(C)c3cc(C(=O)NC(CC)c4cccc(C(C)C)c4)ccc32)cc1. The molecule has 212 valence electrons. The fraction of sp³-hybridized carbons (Fsp3) is 0.278. The fourth-order valence-electron chi connectivity index (χ4n) is 5.37. The van der Waals surface area contributed by atoms with Crippen molar-refractivity contribution in [3.05, 3.63) is 124 Å². The number of amides is 1. The number of hydrogen-bond donors (Lipinski definition) is 2. The van der Waals surface area contributed by atoms with Gasteiger partial charge in [-0.2, -0.15) is 0 Å². The highest BCUT2D eigenvalue weighted by molar-refractivity contribution is 6.04. The van der Waals surface area contributed by atoms with E-state index in [0.29, 0.717) is 23.6 Å². The van der Waals surface area contributed by atoms with Gasteiger partial charge in [-0.1, -0.05) is 82.0 Å². The van der Waals surface area contributed by atoms with Crippen molar-refractivity contribution in [3.63, 3.8) is 0 Å². The summed E-state index contributed by atoms with van der Waals surface area (Å²) in [5.41, 5.74) is 8.99. The molecule has 0 radical (unpaired) electrons. The summed E-state index contributed by atoms with van der Waals surface area (Å²) in [6, 6.07) is 22.2. The number of aryl methyl sites for hydroxylation is 1. The topological polar surface area (TPSA) is 71.3 Å². The fourth-order valence-corrected chi connectivity index (χ4v) is 5.37. The van der Waals surface area contributed by atoms with E-state index in [9.17, 15) is 14.7 Å². The van der Waals surface area contributed by atoms with Crippen LogP contribution in [0.4, 0.5) is 0 Å². The first kappa shape index (κ1) is 29.6. The average Bonchev–Trinajstić information content (AvgIpc) is 3.20. The van der Waals surface area contributed by atoms with Gasteiger partial charge in [0.05, 0.1) is 11.6 Å². The van der Waals surface area contributed by atoms with Crippen molar-refractivity contribution in [1.82, 2.24) is 9.88 Å². The third kappa shape index (κ3) is 6.19. The average molecular weight is 549 g/mol. The molecule has 0 aliphatic rings. The van der Waals surface area contributed by atoms with Gasteiger partial charge in [-0.15, -0.1) is 0 Å². The molecule has 41 heavy (non-hydrogen) atoms. The Balaban J connectivity index is 1.57. The van der Waals surface area contributed by atoms with Crippen molar-refractivity contribution < 1.29 is 14.7 Å². The van der Waals surface area contributed by atoms with Gasteiger partial charge in [0, 0.05) is 28.7 Å². The van der Waals surface area contributed by atoms with E-state index in [0.717, 1.165) is 45.3 Å². The molecule has 0 aliphatic carbocycles. The van der Waals surface area contributed by atoms with Crippen LogP contribution in [0.1, 0.15) is 89.9 Å². The minimum atomic E-state index is -0.981. The second kappa shape index (κ2) is 12.4. The summed E-state index contributed by atoms with van der Waals surface area (Å²) in [4.78, 5) is 24.9. The van der Waals surface area contributed by atoms with Crippen LogP contribution < -0.4 is 5.32 Å². The van der Waals surface area contributed by atoms with Crippen LogP contribution in [0, 0.1) is 13.8 Å². The molecule has 0 spiro atoms. The van der Waals surface area contributed by atoms with E-state index in [1.165, 1.54) is 5.56 Å². The van der Waals surface area contributed by atoms with Gasteiger partial charge in [-0.05, 0) is 84.7 Å². The summed E-state index contributed by atoms with van der Waals surface area (Å²) in [5.74, 6) is -0.623. The van der Waals surface area contributed by atoms with Crippen LogP contribution in [0.2, 0.25) is 0 Å². The molecule has 2 N–H and O–H groups in total. The van der Waals surface area contributed by atoms with E-state index < -0.39 is 5.97 Å². The van der Waals surface area contributed by atoms with E-state index in [4.69, 9.17) is 0 Å². The molecule has 0 saturated carbocycles. The Morgan fingerprint density at radius 1 is 0.976 bits per heavy atom. The summed E-state index contributed by atoms with van der Waals surface area (Å²) in [7, 11) is 0. The van der Waals surface area contributed by atoms with E-state index in [1.54, 1.807) is 13.0 Å². The van der Waals surface area contributed by atoms with Gasteiger partial charge in [0.25, 0.3) is 5.91 Å². The minimum absolute atomic E-state index is 0.0530. The van der Waals surface area contributed by atoms with Gasteiger partial charge >= 0.3 is 5.97 Å². The summed E-state index contributed by atoms with van der Waals surface area (Å²) in [5, 5.41) is 13.7. The van der Waals surface area contributed by atoms with E-state index in [-0.39, 0.29) is 17.5 Å². The molecule has 4 rings (SSSR count). The largest absolute Gasteiger partial charge is 0.478 e. The van der Waals surface area contributed by atoms with Gasteiger partial charge in [0.15, 0.2) is 0 Å². The van der Waals surface area contributed by atoms with Gasteiger partial charge < -0.3 is 15.0 Å². The first-order valence-corrected chi connectivity index (χ1v) is 14.2. The van der Waals surface area contributed by atoms with Gasteiger partial charge in [0.2, 0.25) is 0 Å². The van der Waals surface area contributed by atoms with Gasteiger partial charge in [0.1, 0.15) is 0 Å². The first-order chi connectivity index (χ1) is 19.5. The first-order valence-electron chi connectivity index (χ1n) is 14.2. The molecule has 1 heterocycles. The number of fused-ring (bicyclic) bond motifs is 1. The number of allylic oxidation sites excluding steroid dienone is 1. The molecular weight excluding hydrogens is 508 g/mol. The molecule has 1 unspecified atom stereocenters. The van der Waals surface area contributed by atoms with Gasteiger partial charge in [-0.3, -0.25) is 4.79 Å². The third-order valence-electron chi connectivity index (χ3n) is 8.08. The second-order valence-electron chi connectivity index (χ2n) is 11.0. The molecule has 5 heteroatoms. The van der Waals surface area contributed by atoms with Crippen LogP contribution in [0.15, 0.2) is 85.0 Å². The van der Waals surface area contributed by atoms with Crippen molar-refractivity contribution in [2.24, 2.45) is 0 Å². The molecule has 0 saturated heterocycles. The number of aliphatic carboxylic acids is 1. The number of carbonyl (C=O) groups excluding carboxylic acids is 1. The number of nitrogens with one attached hydrogen (secondary N) is 1. The molecule has 0 fully saturated rings. The van der Waals surface area contributed by atoms with Crippen molar-refractivity contribution in [2.45, 2.75) is 66.5 Å². The van der Waals surface area contributed by atoms with E-state index >= 15 is 0 Å². The molecule has 0 aliphatic heterocycles. The van der Waals surface area contributed by atoms with E-state index in [1.807, 2.05) is 42.5 Å². The number of benzene rings is 3. The molecule has 4 aromatic rings. The van der Waals surface area contributed by atoms with Crippen LogP contribution in [0.25, 0.3) is 16.5 Å². The van der Waals surface area contributed by atoms with Crippen LogP contribution >= 0.6 is 0 Å². The minimum Gasteiger partial charge on any atom is -0.478 e. The zero-order valence-corrected chi connectivity index (χ0v) is 24.9. The standard InChI is InChI=1S/C36H40N2O3/c1-8-31(36(40)41)24(6)27-15-13-26(14-16-27)21-38-25(7)23(5)32-20-30(17-18-34(32)38)35(39)37-33(9-2)29-12-10-11-28(19-29)22(3)4/h8,10-20,22,33H,6,9,21H2,1-5,7H3,(H,37,39)(H,40,41). The monoisotopic (exact) mass is 548 g/mol. The molecule has 1 amide bonds. The molecular formula is C36H40N2O3. The van der Waals surface area contributed by atoms with Crippen LogP contribution in [0.5, 0.6) is 0 Å². The Kier molecular flexibility index (Phi) is 8.97. The summed E-state index contributed by atoms with van der Waals surface area (Å²) in [6.07, 6.45) is 2.38. The summed E-state index contributed by atoms with van der Waals surface area (Å²) >= 11 is 0. The quantitative estimate of drug-likeness (QED) is 0.154. The summed E-state index contributed by atoms with van der Waals surface area (Å²) < 4.78 is 2.26. The number of carbonyl (C=O) groups is 2. The number of carboxylic acid groups (broad SMARTS) is 1. The molecule has 3 aromatic carbocycles. The Labute approximate surface area is 243 Å². The molecule has 5 nitrogen and oxygen atoms in total. The van der Waals surface area contributed by atoms with Crippen LogP contribution in [-0.4, -0.2) is 21.6 Å². The van der Waals surface area contributed by atoms with Crippen molar-refractivity contribution >= 4 is 28.4 Å². The Morgan fingerprint density at radius 3 is 2.24 bits per heavy atom. The lowest BCUT2D eigenvalue weighted by Crippen LogP contribution is -2.28. The predicted octanol–water partition coefficient (Wildman–Crippen LogP) is 8.36. The summed E-state index contributed by atoms with van der Waals surface area (Å²) in [6.45, 7) is 17.0. The normalized spacial score (nSPS) is 12.5.